The molecule has 4 rings (SSSR count). The molecular formula is C23H23Cl2N3O. The van der Waals surface area contributed by atoms with E-state index in [0.29, 0.717) is 16.0 Å². The third-order valence-electron chi connectivity index (χ3n) is 5.61. The number of benzene rings is 2. The number of aliphatic imine (C=N–C) groups is 1. The van der Waals surface area contributed by atoms with Crippen molar-refractivity contribution < 1.29 is 4.79 Å². The van der Waals surface area contributed by atoms with E-state index in [-0.39, 0.29) is 12.1 Å². The molecule has 6 heteroatoms. The number of carbonyl (C=O) groups excluding carboxylic acids is 1. The molecule has 1 N–H and O–H groups in total. The van der Waals surface area contributed by atoms with Crippen molar-refractivity contribution in [3.05, 3.63) is 64.7 Å². The largest absolute Gasteiger partial charge is 0.363 e. The van der Waals surface area contributed by atoms with Crippen LogP contribution in [0.15, 0.2) is 54.0 Å². The van der Waals surface area contributed by atoms with Gasteiger partial charge in [0.05, 0.1) is 5.02 Å². The Hall–Kier alpha value is -2.30. The van der Waals surface area contributed by atoms with Gasteiger partial charge in [-0.05, 0) is 44.0 Å². The van der Waals surface area contributed by atoms with Gasteiger partial charge >= 0.3 is 0 Å². The van der Waals surface area contributed by atoms with Crippen LogP contribution in [0.1, 0.15) is 25.3 Å². The van der Waals surface area contributed by atoms with Gasteiger partial charge in [0.25, 0.3) is 0 Å². The second-order valence-electron chi connectivity index (χ2n) is 7.50. The summed E-state index contributed by atoms with van der Waals surface area (Å²) < 4.78 is 0. The van der Waals surface area contributed by atoms with E-state index in [1.807, 2.05) is 42.2 Å². The second-order valence-corrected chi connectivity index (χ2v) is 8.31. The van der Waals surface area contributed by atoms with E-state index < -0.39 is 0 Å². The van der Waals surface area contributed by atoms with Gasteiger partial charge in [-0.2, -0.15) is 0 Å². The van der Waals surface area contributed by atoms with Crippen molar-refractivity contribution in [3.63, 3.8) is 0 Å². The van der Waals surface area contributed by atoms with E-state index in [1.54, 1.807) is 0 Å². The van der Waals surface area contributed by atoms with Gasteiger partial charge < -0.3 is 10.2 Å². The van der Waals surface area contributed by atoms with E-state index in [0.717, 1.165) is 54.0 Å². The Labute approximate surface area is 181 Å². The number of anilines is 1. The van der Waals surface area contributed by atoms with Crippen molar-refractivity contribution in [1.82, 2.24) is 4.90 Å². The Kier molecular flexibility index (Phi) is 5.66. The number of piperidine rings is 1. The summed E-state index contributed by atoms with van der Waals surface area (Å²) in [5, 5.41) is 4.74. The first-order valence-electron chi connectivity index (χ1n) is 9.82. The fourth-order valence-corrected chi connectivity index (χ4v) is 4.66. The highest BCUT2D eigenvalue weighted by molar-refractivity contribution is 6.37. The van der Waals surface area contributed by atoms with E-state index in [1.165, 1.54) is 6.08 Å². The van der Waals surface area contributed by atoms with Crippen molar-refractivity contribution in [2.45, 2.75) is 25.9 Å². The van der Waals surface area contributed by atoms with Gasteiger partial charge in [0.1, 0.15) is 6.17 Å². The molecule has 2 aliphatic rings. The van der Waals surface area contributed by atoms with Crippen LogP contribution in [-0.4, -0.2) is 35.8 Å². The Balaban J connectivity index is 1.70. The van der Waals surface area contributed by atoms with Crippen molar-refractivity contribution >= 4 is 40.5 Å². The summed E-state index contributed by atoms with van der Waals surface area (Å²) >= 11 is 13.1. The molecule has 0 aromatic heterocycles. The van der Waals surface area contributed by atoms with E-state index in [4.69, 9.17) is 28.2 Å². The molecule has 0 spiro atoms. The predicted octanol–water partition coefficient (Wildman–Crippen LogP) is 5.65. The molecular weight excluding hydrogens is 405 g/mol. The molecule has 0 aliphatic carbocycles. The first kappa shape index (κ1) is 20.0. The summed E-state index contributed by atoms with van der Waals surface area (Å²) in [4.78, 5) is 18.7. The van der Waals surface area contributed by atoms with E-state index >= 15 is 0 Å². The molecule has 2 aromatic carbocycles. The first-order valence-corrected chi connectivity index (χ1v) is 10.6. The van der Waals surface area contributed by atoms with Gasteiger partial charge in [0.15, 0.2) is 0 Å². The molecule has 150 valence electrons. The summed E-state index contributed by atoms with van der Waals surface area (Å²) in [6.45, 7) is 7.07. The van der Waals surface area contributed by atoms with Crippen molar-refractivity contribution in [3.8, 4) is 11.1 Å². The maximum absolute atomic E-state index is 11.9. The number of hydrogen-bond donors (Lipinski definition) is 1. The molecule has 2 heterocycles. The minimum absolute atomic E-state index is 0.00254. The lowest BCUT2D eigenvalue weighted by Gasteiger charge is -2.35. The minimum Gasteiger partial charge on any atom is -0.363 e. The molecule has 1 saturated heterocycles. The first-order chi connectivity index (χ1) is 14.0. The van der Waals surface area contributed by atoms with Crippen LogP contribution >= 0.6 is 23.2 Å². The van der Waals surface area contributed by atoms with Crippen LogP contribution in [0.3, 0.4) is 0 Å². The van der Waals surface area contributed by atoms with E-state index in [9.17, 15) is 4.79 Å². The van der Waals surface area contributed by atoms with Crippen LogP contribution in [0, 0.1) is 5.92 Å². The Morgan fingerprint density at radius 2 is 1.86 bits per heavy atom. The number of nitrogens with zero attached hydrogens (tertiary/aromatic N) is 2. The van der Waals surface area contributed by atoms with Crippen LogP contribution in [0.2, 0.25) is 10.0 Å². The number of likely N-dealkylation sites (tertiary alicyclic amines) is 1. The highest BCUT2D eigenvalue weighted by Crippen LogP contribution is 2.39. The molecule has 1 fully saturated rings. The van der Waals surface area contributed by atoms with Gasteiger partial charge in [-0.25, -0.2) is 0 Å². The molecule has 1 atom stereocenters. The number of hydrogen-bond acceptors (Lipinski definition) is 3. The van der Waals surface area contributed by atoms with Crippen molar-refractivity contribution in [2.24, 2.45) is 10.9 Å². The second kappa shape index (κ2) is 8.21. The minimum atomic E-state index is -0.0208. The third-order valence-corrected chi connectivity index (χ3v) is 6.25. The zero-order chi connectivity index (χ0) is 20.5. The molecule has 1 unspecified atom stereocenters. The van der Waals surface area contributed by atoms with Crippen LogP contribution in [0.4, 0.5) is 5.69 Å². The predicted molar refractivity (Wildman–Crippen MR) is 121 cm³/mol. The molecule has 0 radical (unpaired) electrons. The molecule has 0 saturated carbocycles. The smallest absolute Gasteiger partial charge is 0.245 e. The van der Waals surface area contributed by atoms with Crippen LogP contribution in [0.25, 0.3) is 11.1 Å². The molecule has 1 amide bonds. The SMILES string of the molecule is C=CC(=O)N1CCC(C2=NC(C)Nc3cc(Cl)c(-c4ccccc4Cl)cc32)CC1. The zero-order valence-corrected chi connectivity index (χ0v) is 17.8. The average Bonchev–Trinajstić information content (AvgIpc) is 2.73. The van der Waals surface area contributed by atoms with Crippen molar-refractivity contribution in [2.75, 3.05) is 18.4 Å². The third kappa shape index (κ3) is 3.92. The maximum Gasteiger partial charge on any atom is 0.245 e. The zero-order valence-electron chi connectivity index (χ0n) is 16.3. The van der Waals surface area contributed by atoms with Crippen LogP contribution in [0.5, 0.6) is 0 Å². The quantitative estimate of drug-likeness (QED) is 0.643. The monoisotopic (exact) mass is 427 g/mol. The molecule has 4 nitrogen and oxygen atoms in total. The number of halogens is 2. The lowest BCUT2D eigenvalue weighted by Crippen LogP contribution is -2.40. The van der Waals surface area contributed by atoms with Gasteiger partial charge in [0.2, 0.25) is 5.91 Å². The lowest BCUT2D eigenvalue weighted by atomic mass is 9.85. The van der Waals surface area contributed by atoms with Gasteiger partial charge in [0, 0.05) is 52.1 Å². The molecule has 2 aliphatic heterocycles. The highest BCUT2D eigenvalue weighted by atomic mass is 35.5. The summed E-state index contributed by atoms with van der Waals surface area (Å²) in [6.07, 6.45) is 3.13. The fraction of sp³-hybridized carbons (Fsp3) is 0.304. The highest BCUT2D eigenvalue weighted by Gasteiger charge is 2.30. The summed E-state index contributed by atoms with van der Waals surface area (Å²) in [5.41, 5.74) is 4.96. The number of carbonyl (C=O) groups is 1. The van der Waals surface area contributed by atoms with Gasteiger partial charge in [-0.3, -0.25) is 9.79 Å². The number of fused-ring (bicyclic) bond motifs is 1. The Bertz CT molecular complexity index is 994. The summed E-state index contributed by atoms with van der Waals surface area (Å²) in [5.74, 6) is 0.296. The lowest BCUT2D eigenvalue weighted by molar-refractivity contribution is -0.127. The van der Waals surface area contributed by atoms with E-state index in [2.05, 4.69) is 18.0 Å². The van der Waals surface area contributed by atoms with Crippen LogP contribution < -0.4 is 5.32 Å². The van der Waals surface area contributed by atoms with Gasteiger partial charge in [-0.15, -0.1) is 0 Å². The van der Waals surface area contributed by atoms with Gasteiger partial charge in [-0.1, -0.05) is 48.0 Å². The number of nitrogens with one attached hydrogen (secondary N) is 1. The summed E-state index contributed by atoms with van der Waals surface area (Å²) in [7, 11) is 0. The summed E-state index contributed by atoms with van der Waals surface area (Å²) in [6, 6.07) is 11.8. The number of rotatable bonds is 3. The average molecular weight is 428 g/mol. The molecule has 29 heavy (non-hydrogen) atoms. The maximum atomic E-state index is 11.9. The Morgan fingerprint density at radius 3 is 2.55 bits per heavy atom. The van der Waals surface area contributed by atoms with Crippen LogP contribution in [-0.2, 0) is 4.79 Å². The topological polar surface area (TPSA) is 44.7 Å². The number of amides is 1. The Morgan fingerprint density at radius 1 is 1.14 bits per heavy atom. The normalized spacial score (nSPS) is 19.2. The molecule has 2 aromatic rings. The standard InChI is InChI=1S/C23H23Cl2N3O/c1-3-22(29)28-10-8-15(9-11-28)23-18-12-17(16-6-4-5-7-19(16)24)20(25)13-21(18)26-14(2)27-23/h3-7,12-15,26H,1,8-11H2,2H3. The fourth-order valence-electron chi connectivity index (χ4n) is 4.15. The molecule has 0 bridgehead atoms. The van der Waals surface area contributed by atoms with Crippen molar-refractivity contribution in [1.29, 1.82) is 0 Å².